The number of amides is 1. The summed E-state index contributed by atoms with van der Waals surface area (Å²) < 4.78 is 1.81. The minimum atomic E-state index is -0.0145. The van der Waals surface area contributed by atoms with E-state index in [4.69, 9.17) is 0 Å². The molecule has 0 spiro atoms. The van der Waals surface area contributed by atoms with Crippen LogP contribution in [-0.2, 0) is 0 Å². The summed E-state index contributed by atoms with van der Waals surface area (Å²) >= 11 is 0. The second kappa shape index (κ2) is 5.95. The molecule has 0 bridgehead atoms. The number of carbonyl (C=O) groups is 1. The minimum absolute atomic E-state index is 0.0145. The third kappa shape index (κ3) is 3.20. The fraction of sp³-hybridized carbons (Fsp3) is 0.733. The molecule has 20 heavy (non-hydrogen) atoms. The molecule has 0 aromatic carbocycles. The molecular formula is C15H26N4O. The Balaban J connectivity index is 1.97. The van der Waals surface area contributed by atoms with Crippen LogP contribution in [0.4, 0.5) is 0 Å². The average molecular weight is 278 g/mol. The Morgan fingerprint density at radius 3 is 2.50 bits per heavy atom. The van der Waals surface area contributed by atoms with Crippen molar-refractivity contribution in [3.05, 3.63) is 18.0 Å². The highest BCUT2D eigenvalue weighted by Crippen LogP contribution is 2.19. The van der Waals surface area contributed by atoms with Crippen molar-refractivity contribution in [3.63, 3.8) is 0 Å². The van der Waals surface area contributed by atoms with E-state index in [1.54, 1.807) is 6.20 Å². The Bertz CT molecular complexity index is 466. The SMILES string of the molecule is CC(C)N1C[C@H](NC(=O)c2cnn(C(C)C)c2)[C@@H](C)C1. The largest absolute Gasteiger partial charge is 0.348 e. The Morgan fingerprint density at radius 1 is 1.30 bits per heavy atom. The number of likely N-dealkylation sites (tertiary alicyclic amines) is 1. The number of hydrogen-bond acceptors (Lipinski definition) is 3. The van der Waals surface area contributed by atoms with Crippen molar-refractivity contribution in [2.45, 2.75) is 52.7 Å². The minimum Gasteiger partial charge on any atom is -0.348 e. The van der Waals surface area contributed by atoms with Crippen LogP contribution >= 0.6 is 0 Å². The lowest BCUT2D eigenvalue weighted by Crippen LogP contribution is -2.40. The van der Waals surface area contributed by atoms with Crippen LogP contribution in [0, 0.1) is 5.92 Å². The maximum atomic E-state index is 12.3. The van der Waals surface area contributed by atoms with Crippen molar-refractivity contribution in [2.24, 2.45) is 5.92 Å². The average Bonchev–Trinajstić information content (AvgIpc) is 2.97. The van der Waals surface area contributed by atoms with E-state index in [0.717, 1.165) is 13.1 Å². The van der Waals surface area contributed by atoms with E-state index in [2.05, 4.69) is 36.1 Å². The van der Waals surface area contributed by atoms with Crippen molar-refractivity contribution in [1.29, 1.82) is 0 Å². The number of nitrogens with one attached hydrogen (secondary N) is 1. The smallest absolute Gasteiger partial charge is 0.254 e. The normalized spacial score (nSPS) is 23.8. The van der Waals surface area contributed by atoms with E-state index < -0.39 is 0 Å². The highest BCUT2D eigenvalue weighted by Gasteiger charge is 2.32. The third-order valence-electron chi connectivity index (χ3n) is 4.08. The van der Waals surface area contributed by atoms with Gasteiger partial charge in [-0.1, -0.05) is 6.92 Å². The number of hydrogen-bond donors (Lipinski definition) is 1. The molecule has 2 heterocycles. The van der Waals surface area contributed by atoms with E-state index in [1.807, 2.05) is 24.7 Å². The molecule has 0 radical (unpaired) electrons. The first kappa shape index (κ1) is 15.0. The van der Waals surface area contributed by atoms with Crippen LogP contribution in [0.2, 0.25) is 0 Å². The van der Waals surface area contributed by atoms with Gasteiger partial charge in [0.25, 0.3) is 5.91 Å². The van der Waals surface area contributed by atoms with Crippen molar-refractivity contribution in [2.75, 3.05) is 13.1 Å². The summed E-state index contributed by atoms with van der Waals surface area (Å²) in [7, 11) is 0. The summed E-state index contributed by atoms with van der Waals surface area (Å²) in [4.78, 5) is 14.7. The molecule has 1 saturated heterocycles. The molecule has 112 valence electrons. The van der Waals surface area contributed by atoms with Crippen LogP contribution < -0.4 is 5.32 Å². The van der Waals surface area contributed by atoms with Gasteiger partial charge in [-0.15, -0.1) is 0 Å². The fourth-order valence-electron chi connectivity index (χ4n) is 2.60. The second-order valence-electron chi connectivity index (χ2n) is 6.41. The lowest BCUT2D eigenvalue weighted by Gasteiger charge is -2.20. The van der Waals surface area contributed by atoms with Gasteiger partial charge in [-0.05, 0) is 33.6 Å². The van der Waals surface area contributed by atoms with Gasteiger partial charge in [-0.2, -0.15) is 5.10 Å². The molecule has 1 aliphatic rings. The van der Waals surface area contributed by atoms with E-state index in [9.17, 15) is 4.79 Å². The van der Waals surface area contributed by atoms with Gasteiger partial charge in [-0.25, -0.2) is 0 Å². The third-order valence-corrected chi connectivity index (χ3v) is 4.08. The van der Waals surface area contributed by atoms with Crippen molar-refractivity contribution in [1.82, 2.24) is 20.0 Å². The molecule has 0 unspecified atom stereocenters. The van der Waals surface area contributed by atoms with Crippen molar-refractivity contribution < 1.29 is 4.79 Å². The molecule has 1 aromatic rings. The molecular weight excluding hydrogens is 252 g/mol. The summed E-state index contributed by atoms with van der Waals surface area (Å²) in [5.74, 6) is 0.473. The first-order chi connectivity index (χ1) is 9.38. The van der Waals surface area contributed by atoms with Crippen LogP contribution in [0.15, 0.2) is 12.4 Å². The monoisotopic (exact) mass is 278 g/mol. The lowest BCUT2D eigenvalue weighted by atomic mass is 10.1. The highest BCUT2D eigenvalue weighted by atomic mass is 16.1. The zero-order chi connectivity index (χ0) is 14.9. The Hall–Kier alpha value is -1.36. The summed E-state index contributed by atoms with van der Waals surface area (Å²) in [5.41, 5.74) is 0.647. The van der Waals surface area contributed by atoms with Crippen LogP contribution in [-0.4, -0.2) is 45.8 Å². The quantitative estimate of drug-likeness (QED) is 0.915. The van der Waals surface area contributed by atoms with Gasteiger partial charge >= 0.3 is 0 Å². The van der Waals surface area contributed by atoms with Crippen LogP contribution in [0.25, 0.3) is 0 Å². The molecule has 1 aliphatic heterocycles. The van der Waals surface area contributed by atoms with Gasteiger partial charge in [0.05, 0.1) is 11.8 Å². The first-order valence-corrected chi connectivity index (χ1v) is 7.47. The number of rotatable bonds is 4. The summed E-state index contributed by atoms with van der Waals surface area (Å²) in [6, 6.07) is 1.04. The Kier molecular flexibility index (Phi) is 4.48. The van der Waals surface area contributed by atoms with Crippen molar-refractivity contribution >= 4 is 5.91 Å². The van der Waals surface area contributed by atoms with E-state index in [1.165, 1.54) is 0 Å². The second-order valence-corrected chi connectivity index (χ2v) is 6.41. The number of nitrogens with zero attached hydrogens (tertiary/aromatic N) is 3. The van der Waals surface area contributed by atoms with Crippen LogP contribution in [0.3, 0.4) is 0 Å². The summed E-state index contributed by atoms with van der Waals surface area (Å²) in [6.07, 6.45) is 3.47. The topological polar surface area (TPSA) is 50.2 Å². The lowest BCUT2D eigenvalue weighted by molar-refractivity contribution is 0.0930. The Labute approximate surface area is 121 Å². The molecule has 2 atom stereocenters. The zero-order valence-electron chi connectivity index (χ0n) is 13.1. The highest BCUT2D eigenvalue weighted by molar-refractivity contribution is 5.93. The van der Waals surface area contributed by atoms with Gasteiger partial charge in [0.15, 0.2) is 0 Å². The molecule has 1 aromatic heterocycles. The van der Waals surface area contributed by atoms with Gasteiger partial charge < -0.3 is 5.32 Å². The maximum absolute atomic E-state index is 12.3. The molecule has 0 aliphatic carbocycles. The number of carbonyl (C=O) groups excluding carboxylic acids is 1. The summed E-state index contributed by atoms with van der Waals surface area (Å²) in [5, 5.41) is 7.37. The van der Waals surface area contributed by atoms with Gasteiger partial charge in [-0.3, -0.25) is 14.4 Å². The number of aromatic nitrogens is 2. The van der Waals surface area contributed by atoms with Crippen molar-refractivity contribution in [3.8, 4) is 0 Å². The molecule has 1 amide bonds. The van der Waals surface area contributed by atoms with Crippen LogP contribution in [0.5, 0.6) is 0 Å². The first-order valence-electron chi connectivity index (χ1n) is 7.47. The van der Waals surface area contributed by atoms with Crippen LogP contribution in [0.1, 0.15) is 51.0 Å². The summed E-state index contributed by atoms with van der Waals surface area (Å²) in [6.45, 7) is 12.7. The molecule has 1 fully saturated rings. The van der Waals surface area contributed by atoms with E-state index in [0.29, 0.717) is 17.5 Å². The molecule has 2 rings (SSSR count). The predicted molar refractivity (Wildman–Crippen MR) is 79.7 cm³/mol. The Morgan fingerprint density at radius 2 is 2.00 bits per heavy atom. The molecule has 0 saturated carbocycles. The van der Waals surface area contributed by atoms with E-state index in [-0.39, 0.29) is 18.0 Å². The standard InChI is InChI=1S/C15H26N4O/c1-10(2)18-7-12(5)14(9-18)17-15(20)13-6-16-19(8-13)11(3)4/h6,8,10-12,14H,7,9H2,1-5H3,(H,17,20)/t12-,14-/m0/s1. The van der Waals surface area contributed by atoms with E-state index >= 15 is 0 Å². The molecule has 1 N–H and O–H groups in total. The van der Waals surface area contributed by atoms with Gasteiger partial charge in [0, 0.05) is 37.4 Å². The molecule has 5 nitrogen and oxygen atoms in total. The maximum Gasteiger partial charge on any atom is 0.254 e. The fourth-order valence-corrected chi connectivity index (χ4v) is 2.60. The van der Waals surface area contributed by atoms with Gasteiger partial charge in [0.2, 0.25) is 0 Å². The predicted octanol–water partition coefficient (Wildman–Crippen LogP) is 1.92. The zero-order valence-corrected chi connectivity index (χ0v) is 13.1. The van der Waals surface area contributed by atoms with Gasteiger partial charge in [0.1, 0.15) is 0 Å². The molecule has 5 heteroatoms.